The highest BCUT2D eigenvalue weighted by Gasteiger charge is 2.21. The van der Waals surface area contributed by atoms with E-state index in [9.17, 15) is 4.39 Å². The molecule has 0 atom stereocenters. The number of benzene rings is 1. The highest BCUT2D eigenvalue weighted by Crippen LogP contribution is 2.29. The first kappa shape index (κ1) is 23.8. The quantitative estimate of drug-likeness (QED) is 0.588. The predicted octanol–water partition coefficient (Wildman–Crippen LogP) is 4.70. The summed E-state index contributed by atoms with van der Waals surface area (Å²) in [5.41, 5.74) is 0.623. The fourth-order valence-corrected chi connectivity index (χ4v) is 4.27. The summed E-state index contributed by atoms with van der Waals surface area (Å²) in [6, 6.07) is 5.17. The van der Waals surface area contributed by atoms with Gasteiger partial charge in [-0.05, 0) is 37.1 Å². The van der Waals surface area contributed by atoms with Crippen LogP contribution in [0.1, 0.15) is 38.5 Å². The monoisotopic (exact) mass is 467 g/mol. The Balaban J connectivity index is 1.66. The number of anilines is 4. The van der Waals surface area contributed by atoms with E-state index >= 15 is 0 Å². The molecule has 1 aromatic carbocycles. The van der Waals surface area contributed by atoms with Gasteiger partial charge in [-0.25, -0.2) is 4.39 Å². The molecule has 1 saturated carbocycles. The molecule has 1 aliphatic heterocycles. The van der Waals surface area contributed by atoms with E-state index in [1.54, 1.807) is 17.0 Å². The molecule has 2 heterocycles. The van der Waals surface area contributed by atoms with Crippen LogP contribution in [0.5, 0.6) is 5.75 Å². The van der Waals surface area contributed by atoms with Crippen molar-refractivity contribution in [3.05, 3.63) is 48.6 Å². The number of methoxy groups -OCH3 is 1. The summed E-state index contributed by atoms with van der Waals surface area (Å²) >= 11 is 0. The normalized spacial score (nSPS) is 16.9. The molecule has 1 aromatic heterocycles. The summed E-state index contributed by atoms with van der Waals surface area (Å²) < 4.78 is 19.4. The molecule has 2 aliphatic rings. The molecule has 0 amide bonds. The third-order valence-corrected chi connectivity index (χ3v) is 6.42. The Morgan fingerprint density at radius 1 is 1.00 bits per heavy atom. The van der Waals surface area contributed by atoms with E-state index in [1.165, 1.54) is 38.9 Å². The van der Waals surface area contributed by atoms with Gasteiger partial charge in [0.1, 0.15) is 0 Å². The fraction of sp³-hybridized carbons (Fsp3) is 0.480. The van der Waals surface area contributed by atoms with E-state index in [2.05, 4.69) is 17.5 Å². The molecule has 0 bridgehead atoms. The lowest BCUT2D eigenvalue weighted by Crippen LogP contribution is -2.33. The maximum atomic E-state index is 14.4. The number of rotatable bonds is 7. The molecule has 1 fully saturated rings. The SMILES string of the molecule is COc1ccc(N(C)c2nc(NC3CCCCCC3)nc(N(C)C3C=CN(C)C=C3)n2)cc1F. The van der Waals surface area contributed by atoms with Crippen LogP contribution in [0.4, 0.5) is 27.9 Å². The minimum absolute atomic E-state index is 0.0147. The molecule has 2 aromatic rings. The molecule has 1 aliphatic carbocycles. The van der Waals surface area contributed by atoms with E-state index in [-0.39, 0.29) is 11.8 Å². The minimum Gasteiger partial charge on any atom is -0.494 e. The predicted molar refractivity (Wildman–Crippen MR) is 134 cm³/mol. The number of nitrogens with one attached hydrogen (secondary N) is 1. The molecule has 182 valence electrons. The summed E-state index contributed by atoms with van der Waals surface area (Å²) in [6.45, 7) is 0. The Labute approximate surface area is 201 Å². The van der Waals surface area contributed by atoms with Crippen LogP contribution in [0.3, 0.4) is 0 Å². The summed E-state index contributed by atoms with van der Waals surface area (Å²) in [5.74, 6) is 1.30. The first-order valence-electron chi connectivity index (χ1n) is 11.9. The number of hydrogen-bond acceptors (Lipinski definition) is 8. The summed E-state index contributed by atoms with van der Waals surface area (Å²) in [5, 5.41) is 3.55. The van der Waals surface area contributed by atoms with Crippen molar-refractivity contribution < 1.29 is 9.13 Å². The van der Waals surface area contributed by atoms with E-state index < -0.39 is 5.82 Å². The minimum atomic E-state index is -0.434. The van der Waals surface area contributed by atoms with E-state index in [0.717, 1.165) is 12.8 Å². The van der Waals surface area contributed by atoms with Crippen molar-refractivity contribution >= 4 is 23.5 Å². The number of nitrogens with zero attached hydrogens (tertiary/aromatic N) is 6. The maximum absolute atomic E-state index is 14.4. The molecule has 34 heavy (non-hydrogen) atoms. The van der Waals surface area contributed by atoms with Crippen LogP contribution in [-0.4, -0.2) is 60.2 Å². The zero-order valence-corrected chi connectivity index (χ0v) is 20.4. The number of likely N-dealkylation sites (N-methyl/N-ethyl adjacent to an activating group) is 1. The molecule has 4 rings (SSSR count). The highest BCUT2D eigenvalue weighted by molar-refractivity contribution is 5.60. The first-order chi connectivity index (χ1) is 16.4. The third-order valence-electron chi connectivity index (χ3n) is 6.42. The Bertz CT molecular complexity index is 1020. The van der Waals surface area contributed by atoms with E-state index in [4.69, 9.17) is 19.7 Å². The molecule has 8 nitrogen and oxygen atoms in total. The van der Waals surface area contributed by atoms with Crippen molar-refractivity contribution in [2.45, 2.75) is 50.6 Å². The summed E-state index contributed by atoms with van der Waals surface area (Å²) in [4.78, 5) is 20.0. The van der Waals surface area contributed by atoms with Gasteiger partial charge in [-0.3, -0.25) is 0 Å². The molecule has 9 heteroatoms. The van der Waals surface area contributed by atoms with Gasteiger partial charge in [-0.1, -0.05) is 25.7 Å². The molecular formula is C25H34FN7O. The van der Waals surface area contributed by atoms with E-state index in [0.29, 0.717) is 29.6 Å². The van der Waals surface area contributed by atoms with Crippen molar-refractivity contribution in [3.63, 3.8) is 0 Å². The van der Waals surface area contributed by atoms with Crippen LogP contribution in [0, 0.1) is 5.82 Å². The molecule has 0 spiro atoms. The van der Waals surface area contributed by atoms with Crippen molar-refractivity contribution in [3.8, 4) is 5.75 Å². The lowest BCUT2D eigenvalue weighted by atomic mass is 10.1. The average molecular weight is 468 g/mol. The van der Waals surface area contributed by atoms with Crippen LogP contribution >= 0.6 is 0 Å². The zero-order valence-electron chi connectivity index (χ0n) is 20.4. The molecule has 0 saturated heterocycles. The maximum Gasteiger partial charge on any atom is 0.236 e. The first-order valence-corrected chi connectivity index (χ1v) is 11.9. The lowest BCUT2D eigenvalue weighted by molar-refractivity contribution is 0.386. The van der Waals surface area contributed by atoms with Gasteiger partial charge >= 0.3 is 0 Å². The van der Waals surface area contributed by atoms with Gasteiger partial charge in [0.25, 0.3) is 0 Å². The second-order valence-electron chi connectivity index (χ2n) is 8.92. The number of halogens is 1. The smallest absolute Gasteiger partial charge is 0.236 e. The number of aromatic nitrogens is 3. The van der Waals surface area contributed by atoms with Crippen LogP contribution in [0.15, 0.2) is 42.8 Å². The largest absolute Gasteiger partial charge is 0.494 e. The van der Waals surface area contributed by atoms with Crippen molar-refractivity contribution in [1.29, 1.82) is 0 Å². The van der Waals surface area contributed by atoms with Gasteiger partial charge in [0.2, 0.25) is 17.8 Å². The topological polar surface area (TPSA) is 69.7 Å². The lowest BCUT2D eigenvalue weighted by Gasteiger charge is -2.28. The standard InChI is InChI=1S/C25H34FN7O/c1-31-15-13-19(14-16-31)32(2)24-28-23(27-18-9-7-5-6-8-10-18)29-25(30-24)33(3)20-11-12-22(34-4)21(26)17-20/h11-19H,5-10H2,1-4H3,(H,27,28,29,30). The second kappa shape index (κ2) is 10.7. The molecule has 0 unspecified atom stereocenters. The van der Waals surface area contributed by atoms with Crippen molar-refractivity contribution in [2.75, 3.05) is 43.4 Å². The van der Waals surface area contributed by atoms with Gasteiger partial charge < -0.3 is 24.8 Å². The van der Waals surface area contributed by atoms with Crippen LogP contribution in [0.25, 0.3) is 0 Å². The Hall–Kier alpha value is -3.36. The van der Waals surface area contributed by atoms with Crippen LogP contribution in [-0.2, 0) is 0 Å². The van der Waals surface area contributed by atoms with Gasteiger partial charge in [0.15, 0.2) is 11.6 Å². The Morgan fingerprint density at radius 3 is 2.32 bits per heavy atom. The molecular weight excluding hydrogens is 433 g/mol. The number of ether oxygens (including phenoxy) is 1. The average Bonchev–Trinajstić information content (AvgIpc) is 3.12. The molecule has 1 N–H and O–H groups in total. The van der Waals surface area contributed by atoms with Crippen molar-refractivity contribution in [1.82, 2.24) is 19.9 Å². The summed E-state index contributed by atoms with van der Waals surface area (Å²) in [7, 11) is 7.23. The summed E-state index contributed by atoms with van der Waals surface area (Å²) in [6.07, 6.45) is 15.4. The highest BCUT2D eigenvalue weighted by atomic mass is 19.1. The van der Waals surface area contributed by atoms with Gasteiger partial charge in [-0.15, -0.1) is 0 Å². The number of hydrogen-bond donors (Lipinski definition) is 1. The van der Waals surface area contributed by atoms with Crippen LogP contribution < -0.4 is 19.9 Å². The van der Waals surface area contributed by atoms with E-state index in [1.807, 2.05) is 43.3 Å². The third kappa shape index (κ3) is 5.58. The van der Waals surface area contributed by atoms with Crippen LogP contribution in [0.2, 0.25) is 0 Å². The van der Waals surface area contributed by atoms with Gasteiger partial charge in [0, 0.05) is 51.3 Å². The Kier molecular flexibility index (Phi) is 7.49. The fourth-order valence-electron chi connectivity index (χ4n) is 4.27. The zero-order chi connectivity index (χ0) is 24.1. The molecule has 0 radical (unpaired) electrons. The van der Waals surface area contributed by atoms with Gasteiger partial charge in [0.05, 0.1) is 13.2 Å². The van der Waals surface area contributed by atoms with Crippen molar-refractivity contribution in [2.24, 2.45) is 0 Å². The second-order valence-corrected chi connectivity index (χ2v) is 8.92. The Morgan fingerprint density at radius 2 is 1.68 bits per heavy atom. The van der Waals surface area contributed by atoms with Gasteiger partial charge in [-0.2, -0.15) is 15.0 Å².